The van der Waals surface area contributed by atoms with E-state index in [1.807, 2.05) is 11.3 Å². The van der Waals surface area contributed by atoms with E-state index in [4.69, 9.17) is 17.3 Å². The van der Waals surface area contributed by atoms with Gasteiger partial charge in [0.1, 0.15) is 5.15 Å². The van der Waals surface area contributed by atoms with Gasteiger partial charge >= 0.3 is 0 Å². The minimum absolute atomic E-state index is 0.652. The summed E-state index contributed by atoms with van der Waals surface area (Å²) in [7, 11) is 0. The molecule has 14 heavy (non-hydrogen) atoms. The number of aryl methyl sites for hydroxylation is 2. The van der Waals surface area contributed by atoms with Gasteiger partial charge in [0.25, 0.3) is 0 Å². The van der Waals surface area contributed by atoms with Crippen molar-refractivity contribution in [2.75, 3.05) is 5.73 Å². The molecule has 0 amide bonds. The van der Waals surface area contributed by atoms with Crippen LogP contribution in [0.3, 0.4) is 0 Å². The normalized spacial score (nSPS) is 11.1. The third-order valence-corrected chi connectivity index (χ3v) is 2.71. The van der Waals surface area contributed by atoms with E-state index in [0.717, 1.165) is 23.5 Å². The summed E-state index contributed by atoms with van der Waals surface area (Å²) in [4.78, 5) is 4.44. The molecule has 2 N–H and O–H groups in total. The lowest BCUT2D eigenvalue weighted by molar-refractivity contribution is 1.02. The maximum atomic E-state index is 6.07. The highest BCUT2D eigenvalue weighted by Crippen LogP contribution is 2.22. The molecule has 2 aromatic heterocycles. The van der Waals surface area contributed by atoms with E-state index in [1.165, 1.54) is 0 Å². The molecule has 2 rings (SSSR count). The van der Waals surface area contributed by atoms with Crippen molar-refractivity contribution in [1.29, 1.82) is 0 Å². The SMILES string of the molecule is CCc1nc2c(N)ccc(Cl)n2c1C. The van der Waals surface area contributed by atoms with Crippen molar-refractivity contribution in [2.45, 2.75) is 20.3 Å². The summed E-state index contributed by atoms with van der Waals surface area (Å²) in [5.41, 5.74) is 9.36. The Bertz CT molecular complexity index is 488. The molecule has 0 bridgehead atoms. The molecular formula is C10H12ClN3. The molecule has 2 heterocycles. The Morgan fingerprint density at radius 2 is 2.21 bits per heavy atom. The van der Waals surface area contributed by atoms with Crippen molar-refractivity contribution in [3.05, 3.63) is 28.7 Å². The lowest BCUT2D eigenvalue weighted by atomic mass is 10.3. The molecule has 0 spiro atoms. The zero-order chi connectivity index (χ0) is 10.3. The molecule has 3 nitrogen and oxygen atoms in total. The number of nitrogens with zero attached hydrogens (tertiary/aromatic N) is 2. The number of halogens is 1. The fraction of sp³-hybridized carbons (Fsp3) is 0.300. The summed E-state index contributed by atoms with van der Waals surface area (Å²) in [5.74, 6) is 0. The minimum atomic E-state index is 0.652. The zero-order valence-corrected chi connectivity index (χ0v) is 8.97. The fourth-order valence-electron chi connectivity index (χ4n) is 1.64. The third kappa shape index (κ3) is 1.16. The van der Waals surface area contributed by atoms with Crippen molar-refractivity contribution >= 4 is 22.9 Å². The van der Waals surface area contributed by atoms with E-state index in [2.05, 4.69) is 11.9 Å². The van der Waals surface area contributed by atoms with Gasteiger partial charge in [-0.15, -0.1) is 0 Å². The zero-order valence-electron chi connectivity index (χ0n) is 8.21. The van der Waals surface area contributed by atoms with Crippen LogP contribution >= 0.6 is 11.6 Å². The number of nitrogens with two attached hydrogens (primary N) is 1. The van der Waals surface area contributed by atoms with E-state index in [9.17, 15) is 0 Å². The Kier molecular flexibility index (Phi) is 2.11. The van der Waals surface area contributed by atoms with Crippen molar-refractivity contribution in [3.63, 3.8) is 0 Å². The Labute approximate surface area is 87.5 Å². The van der Waals surface area contributed by atoms with Crippen LogP contribution in [0.25, 0.3) is 5.65 Å². The van der Waals surface area contributed by atoms with Crippen LogP contribution in [0.2, 0.25) is 5.15 Å². The van der Waals surface area contributed by atoms with Gasteiger partial charge in [0.05, 0.1) is 11.4 Å². The Morgan fingerprint density at radius 3 is 2.79 bits per heavy atom. The van der Waals surface area contributed by atoms with Crippen LogP contribution in [0.5, 0.6) is 0 Å². The van der Waals surface area contributed by atoms with Gasteiger partial charge in [-0.3, -0.25) is 4.40 Å². The number of imidazole rings is 1. The average molecular weight is 210 g/mol. The molecule has 0 unspecified atom stereocenters. The molecule has 0 radical (unpaired) electrons. The molecule has 0 aromatic carbocycles. The number of anilines is 1. The van der Waals surface area contributed by atoms with Gasteiger partial charge in [-0.1, -0.05) is 18.5 Å². The summed E-state index contributed by atoms with van der Waals surface area (Å²) in [6.45, 7) is 4.07. The maximum absolute atomic E-state index is 6.07. The number of pyridine rings is 1. The summed E-state index contributed by atoms with van der Waals surface area (Å²) in [5, 5.41) is 0.652. The van der Waals surface area contributed by atoms with Crippen LogP contribution in [0.4, 0.5) is 5.69 Å². The van der Waals surface area contributed by atoms with Crippen LogP contribution in [0, 0.1) is 6.92 Å². The van der Waals surface area contributed by atoms with Crippen molar-refractivity contribution in [2.24, 2.45) is 0 Å². The van der Waals surface area contributed by atoms with Crippen LogP contribution in [0.15, 0.2) is 12.1 Å². The molecule has 0 aliphatic heterocycles. The van der Waals surface area contributed by atoms with E-state index in [0.29, 0.717) is 10.8 Å². The third-order valence-electron chi connectivity index (χ3n) is 2.41. The highest BCUT2D eigenvalue weighted by molar-refractivity contribution is 6.30. The van der Waals surface area contributed by atoms with Gasteiger partial charge in [0, 0.05) is 5.69 Å². The molecule has 0 saturated heterocycles. The molecular weight excluding hydrogens is 198 g/mol. The second-order valence-electron chi connectivity index (χ2n) is 3.27. The first-order valence-electron chi connectivity index (χ1n) is 4.57. The minimum Gasteiger partial charge on any atom is -0.396 e. The number of hydrogen-bond acceptors (Lipinski definition) is 2. The van der Waals surface area contributed by atoms with Gasteiger partial charge in [-0.05, 0) is 25.5 Å². The summed E-state index contributed by atoms with van der Waals surface area (Å²) in [6, 6.07) is 3.57. The molecule has 0 aliphatic carbocycles. The maximum Gasteiger partial charge on any atom is 0.161 e. The number of rotatable bonds is 1. The topological polar surface area (TPSA) is 43.3 Å². The van der Waals surface area contributed by atoms with Gasteiger partial charge < -0.3 is 5.73 Å². The van der Waals surface area contributed by atoms with Gasteiger partial charge in [-0.2, -0.15) is 0 Å². The summed E-state index contributed by atoms with van der Waals surface area (Å²) in [6.07, 6.45) is 0.892. The molecule has 0 aliphatic rings. The Morgan fingerprint density at radius 1 is 1.50 bits per heavy atom. The van der Waals surface area contributed by atoms with Crippen LogP contribution < -0.4 is 5.73 Å². The average Bonchev–Trinajstić information content (AvgIpc) is 2.51. The van der Waals surface area contributed by atoms with Crippen molar-refractivity contribution < 1.29 is 0 Å². The second kappa shape index (κ2) is 3.17. The molecule has 0 saturated carbocycles. The van der Waals surface area contributed by atoms with Crippen LogP contribution in [-0.2, 0) is 6.42 Å². The Hall–Kier alpha value is -1.22. The van der Waals surface area contributed by atoms with E-state index in [1.54, 1.807) is 12.1 Å². The number of hydrogen-bond donors (Lipinski definition) is 1. The predicted molar refractivity (Wildman–Crippen MR) is 58.7 cm³/mol. The smallest absolute Gasteiger partial charge is 0.161 e. The predicted octanol–water partition coefficient (Wildman–Crippen LogP) is 2.44. The lowest BCUT2D eigenvalue weighted by Crippen LogP contribution is -1.94. The van der Waals surface area contributed by atoms with Crippen LogP contribution in [-0.4, -0.2) is 9.38 Å². The number of aromatic nitrogens is 2. The molecule has 4 heteroatoms. The number of fused-ring (bicyclic) bond motifs is 1. The molecule has 74 valence electrons. The quantitative estimate of drug-likeness (QED) is 0.734. The van der Waals surface area contributed by atoms with Crippen LogP contribution in [0.1, 0.15) is 18.3 Å². The van der Waals surface area contributed by atoms with Gasteiger partial charge in [0.15, 0.2) is 5.65 Å². The monoisotopic (exact) mass is 209 g/mol. The van der Waals surface area contributed by atoms with Gasteiger partial charge in [-0.25, -0.2) is 4.98 Å². The molecule has 0 fully saturated rings. The van der Waals surface area contributed by atoms with Crippen molar-refractivity contribution in [3.8, 4) is 0 Å². The first-order chi connectivity index (χ1) is 6.65. The van der Waals surface area contributed by atoms with E-state index < -0.39 is 0 Å². The van der Waals surface area contributed by atoms with E-state index >= 15 is 0 Å². The number of nitrogen functional groups attached to an aromatic ring is 1. The summed E-state index contributed by atoms with van der Waals surface area (Å²) >= 11 is 6.07. The highest BCUT2D eigenvalue weighted by atomic mass is 35.5. The van der Waals surface area contributed by atoms with Crippen molar-refractivity contribution in [1.82, 2.24) is 9.38 Å². The fourth-order valence-corrected chi connectivity index (χ4v) is 1.91. The largest absolute Gasteiger partial charge is 0.396 e. The van der Waals surface area contributed by atoms with E-state index in [-0.39, 0.29) is 0 Å². The molecule has 0 atom stereocenters. The highest BCUT2D eigenvalue weighted by Gasteiger charge is 2.10. The second-order valence-corrected chi connectivity index (χ2v) is 3.66. The first-order valence-corrected chi connectivity index (χ1v) is 4.94. The lowest BCUT2D eigenvalue weighted by Gasteiger charge is -2.01. The van der Waals surface area contributed by atoms with Gasteiger partial charge in [0.2, 0.25) is 0 Å². The first kappa shape index (κ1) is 9.34. The Balaban J connectivity index is 2.90. The summed E-state index contributed by atoms with van der Waals surface area (Å²) < 4.78 is 1.88. The standard InChI is InChI=1S/C10H12ClN3/c1-3-8-6(2)14-9(11)5-4-7(12)10(14)13-8/h4-5H,3,12H2,1-2H3. The molecule has 2 aromatic rings.